The van der Waals surface area contributed by atoms with E-state index < -0.39 is 10.4 Å². The summed E-state index contributed by atoms with van der Waals surface area (Å²) in [5, 5.41) is 0. The first-order valence-electron chi connectivity index (χ1n) is 20.9. The van der Waals surface area contributed by atoms with Gasteiger partial charge in [0.15, 0.2) is 0 Å². The third-order valence-electron chi connectivity index (χ3n) is 9.12. The summed E-state index contributed by atoms with van der Waals surface area (Å²) in [5.41, 5.74) is 11.0. The first-order valence-corrected chi connectivity index (χ1v) is 22.3. The van der Waals surface area contributed by atoms with E-state index >= 15 is 0 Å². The normalized spacial score (nSPS) is 11.2. The Morgan fingerprint density at radius 2 is 0.404 bits per heavy atom. The molecule has 288 valence electrons. The van der Waals surface area contributed by atoms with Crippen LogP contribution in [-0.2, 0) is 10.4 Å². The second kappa shape index (κ2) is 47.9. The van der Waals surface area contributed by atoms with Crippen LogP contribution >= 0.6 is 0 Å². The van der Waals surface area contributed by atoms with Crippen molar-refractivity contribution >= 4 is 10.4 Å². The fourth-order valence-corrected chi connectivity index (χ4v) is 6.09. The van der Waals surface area contributed by atoms with Crippen molar-refractivity contribution < 1.29 is 17.5 Å². The first-order chi connectivity index (χ1) is 22.8. The van der Waals surface area contributed by atoms with Crippen LogP contribution in [0.5, 0.6) is 0 Å². The van der Waals surface area contributed by atoms with Crippen molar-refractivity contribution in [3.63, 3.8) is 0 Å². The van der Waals surface area contributed by atoms with Gasteiger partial charge < -0.3 is 11.5 Å². The van der Waals surface area contributed by atoms with Gasteiger partial charge in [-0.15, -0.1) is 0 Å². The molecule has 0 heterocycles. The lowest BCUT2D eigenvalue weighted by Crippen LogP contribution is -1.97. The van der Waals surface area contributed by atoms with Crippen molar-refractivity contribution in [3.8, 4) is 0 Å². The van der Waals surface area contributed by atoms with Gasteiger partial charge in [0.05, 0.1) is 0 Å². The maximum Gasteiger partial charge on any atom is 0.394 e. The first kappa shape index (κ1) is 51.2. The van der Waals surface area contributed by atoms with Crippen LogP contribution in [0.1, 0.15) is 245 Å². The molecule has 0 fully saturated rings. The van der Waals surface area contributed by atoms with Gasteiger partial charge in [0.2, 0.25) is 0 Å². The van der Waals surface area contributed by atoms with Crippen molar-refractivity contribution in [1.29, 1.82) is 0 Å². The molecule has 0 aliphatic carbocycles. The van der Waals surface area contributed by atoms with Gasteiger partial charge in [-0.05, 0) is 25.9 Å². The fourth-order valence-electron chi connectivity index (χ4n) is 6.09. The molecule has 47 heavy (non-hydrogen) atoms. The molecule has 0 atom stereocenters. The van der Waals surface area contributed by atoms with Gasteiger partial charge in [-0.2, -0.15) is 8.42 Å². The molecular weight excluding hydrogens is 605 g/mol. The van der Waals surface area contributed by atoms with Gasteiger partial charge in [-0.3, -0.25) is 9.11 Å². The number of nitrogens with two attached hydrogens (primary N) is 2. The van der Waals surface area contributed by atoms with Crippen LogP contribution in [0.4, 0.5) is 0 Å². The van der Waals surface area contributed by atoms with Crippen LogP contribution in [0.2, 0.25) is 0 Å². The van der Waals surface area contributed by atoms with E-state index in [1.807, 2.05) is 0 Å². The monoisotopic (exact) mass is 693 g/mol. The van der Waals surface area contributed by atoms with Crippen molar-refractivity contribution in [2.24, 2.45) is 11.5 Å². The minimum atomic E-state index is -4.67. The number of hydrogen-bond acceptors (Lipinski definition) is 4. The smallest absolute Gasteiger partial charge is 0.330 e. The predicted octanol–water partition coefficient (Wildman–Crippen LogP) is 13.3. The highest BCUT2D eigenvalue weighted by atomic mass is 32.3. The maximum atomic E-state index is 8.74. The molecule has 6 N–H and O–H groups in total. The Morgan fingerprint density at radius 3 is 0.511 bits per heavy atom. The quantitative estimate of drug-likeness (QED) is 0.0382. The summed E-state index contributed by atoms with van der Waals surface area (Å²) in [6.45, 7) is 6.33. The van der Waals surface area contributed by atoms with Crippen LogP contribution in [0.25, 0.3) is 0 Å². The van der Waals surface area contributed by atoms with Crippen molar-refractivity contribution in [3.05, 3.63) is 0 Å². The van der Waals surface area contributed by atoms with E-state index in [0.29, 0.717) is 0 Å². The lowest BCUT2D eigenvalue weighted by Gasteiger charge is -2.03. The molecule has 0 rings (SSSR count). The molecule has 7 heteroatoms. The summed E-state index contributed by atoms with van der Waals surface area (Å²) in [6, 6.07) is 0. The Morgan fingerprint density at radius 1 is 0.298 bits per heavy atom. The van der Waals surface area contributed by atoms with Crippen LogP contribution in [0.15, 0.2) is 0 Å². The van der Waals surface area contributed by atoms with Crippen LogP contribution < -0.4 is 11.5 Å². The van der Waals surface area contributed by atoms with Crippen LogP contribution in [-0.4, -0.2) is 30.6 Å². The lowest BCUT2D eigenvalue weighted by atomic mass is 10.0. The number of unbranched alkanes of at least 4 members (excludes halogenated alkanes) is 34. The zero-order valence-electron chi connectivity index (χ0n) is 32.1. The van der Waals surface area contributed by atoms with E-state index in [1.165, 1.54) is 231 Å². The highest BCUT2D eigenvalue weighted by molar-refractivity contribution is 7.79. The Kier molecular flexibility index (Phi) is 52.1. The van der Waals surface area contributed by atoms with Crippen molar-refractivity contribution in [2.45, 2.75) is 245 Å². The summed E-state index contributed by atoms with van der Waals surface area (Å²) < 4.78 is 31.6. The van der Waals surface area contributed by atoms with E-state index in [2.05, 4.69) is 13.8 Å². The number of rotatable bonds is 36. The molecule has 0 saturated carbocycles. The molecule has 0 aromatic heterocycles. The molecule has 0 radical (unpaired) electrons. The molecule has 0 unspecified atom stereocenters. The van der Waals surface area contributed by atoms with Gasteiger partial charge in [0.1, 0.15) is 0 Å². The van der Waals surface area contributed by atoms with E-state index in [1.54, 1.807) is 0 Å². The minimum Gasteiger partial charge on any atom is -0.330 e. The third kappa shape index (κ3) is 68.5. The highest BCUT2D eigenvalue weighted by Gasteiger charge is 1.96. The standard InChI is InChI=1S/2C20H43N.H2O4S/c2*1-2-3-4-5-6-7-8-9-10-11-12-13-14-15-16-17-18-19-20-21;1-5(2,3)4/h2*2-21H2,1H3;(H2,1,2,3,4). The summed E-state index contributed by atoms with van der Waals surface area (Å²) in [5.74, 6) is 0. The maximum absolute atomic E-state index is 8.74. The fraction of sp³-hybridized carbons (Fsp3) is 1.00. The Hall–Kier alpha value is -0.210. The topological polar surface area (TPSA) is 127 Å². The van der Waals surface area contributed by atoms with E-state index in [4.69, 9.17) is 29.0 Å². The molecular formula is C40H88N2O4S. The summed E-state index contributed by atoms with van der Waals surface area (Å²) in [4.78, 5) is 0. The summed E-state index contributed by atoms with van der Waals surface area (Å²) in [6.07, 6.45) is 51.7. The van der Waals surface area contributed by atoms with Gasteiger partial charge in [-0.1, -0.05) is 232 Å². The molecule has 0 bridgehead atoms. The lowest BCUT2D eigenvalue weighted by molar-refractivity contribution is 0.381. The molecule has 0 aromatic rings. The average molecular weight is 693 g/mol. The Labute approximate surface area is 296 Å². The van der Waals surface area contributed by atoms with Gasteiger partial charge in [0.25, 0.3) is 0 Å². The predicted molar refractivity (Wildman–Crippen MR) is 210 cm³/mol. The molecule has 0 amide bonds. The zero-order chi connectivity index (χ0) is 35.4. The molecule has 0 aliphatic rings. The summed E-state index contributed by atoms with van der Waals surface area (Å²) in [7, 11) is -4.67. The highest BCUT2D eigenvalue weighted by Crippen LogP contribution is 2.15. The second-order valence-corrected chi connectivity index (χ2v) is 14.9. The van der Waals surface area contributed by atoms with Gasteiger partial charge in [0, 0.05) is 0 Å². The zero-order valence-corrected chi connectivity index (χ0v) is 33.0. The Bertz CT molecular complexity index is 537. The van der Waals surface area contributed by atoms with Crippen LogP contribution in [0, 0.1) is 0 Å². The third-order valence-corrected chi connectivity index (χ3v) is 9.12. The van der Waals surface area contributed by atoms with Gasteiger partial charge >= 0.3 is 10.4 Å². The molecule has 6 nitrogen and oxygen atoms in total. The minimum absolute atomic E-state index is 0.874. The largest absolute Gasteiger partial charge is 0.394 e. The van der Waals surface area contributed by atoms with Crippen LogP contribution in [0.3, 0.4) is 0 Å². The number of hydrogen-bond donors (Lipinski definition) is 4. The van der Waals surface area contributed by atoms with Gasteiger partial charge in [-0.25, -0.2) is 0 Å². The summed E-state index contributed by atoms with van der Waals surface area (Å²) >= 11 is 0. The van der Waals surface area contributed by atoms with Crippen molar-refractivity contribution in [2.75, 3.05) is 13.1 Å². The van der Waals surface area contributed by atoms with E-state index in [9.17, 15) is 0 Å². The second-order valence-electron chi connectivity index (χ2n) is 14.0. The SMILES string of the molecule is CCCCCCCCCCCCCCCCCCCCN.CCCCCCCCCCCCCCCCCCCCN.O=S(=O)(O)O. The van der Waals surface area contributed by atoms with E-state index in [-0.39, 0.29) is 0 Å². The molecule has 0 saturated heterocycles. The van der Waals surface area contributed by atoms with Crippen molar-refractivity contribution in [1.82, 2.24) is 0 Å². The molecule has 0 aromatic carbocycles. The molecule has 0 aliphatic heterocycles. The average Bonchev–Trinajstić information content (AvgIpc) is 3.03. The molecule has 0 spiro atoms. The Balaban J connectivity index is -0.000000719. The van der Waals surface area contributed by atoms with E-state index in [0.717, 1.165) is 13.1 Å².